The van der Waals surface area contributed by atoms with E-state index < -0.39 is 24.6 Å². The van der Waals surface area contributed by atoms with Crippen molar-refractivity contribution in [3.05, 3.63) is 29.3 Å². The molecule has 0 unspecified atom stereocenters. The van der Waals surface area contributed by atoms with Gasteiger partial charge < -0.3 is 20.8 Å². The van der Waals surface area contributed by atoms with E-state index in [1.54, 1.807) is 12.1 Å². The summed E-state index contributed by atoms with van der Waals surface area (Å²) in [7, 11) is 0. The Morgan fingerprint density at radius 2 is 2.00 bits per heavy atom. The first kappa shape index (κ1) is 14.0. The van der Waals surface area contributed by atoms with Crippen LogP contribution >= 0.6 is 0 Å². The second-order valence-corrected chi connectivity index (χ2v) is 3.92. The van der Waals surface area contributed by atoms with Crippen LogP contribution in [-0.2, 0) is 4.79 Å². The summed E-state index contributed by atoms with van der Waals surface area (Å²) in [6.07, 6.45) is 0. The lowest BCUT2D eigenvalue weighted by Crippen LogP contribution is -2.45. The monoisotopic (exact) mass is 252 g/mol. The lowest BCUT2D eigenvalue weighted by molar-refractivity contribution is -0.140. The summed E-state index contributed by atoms with van der Waals surface area (Å²) in [6.45, 7) is 3.10. The summed E-state index contributed by atoms with van der Waals surface area (Å²) in [6, 6.07) is 3.45. The van der Waals surface area contributed by atoms with Crippen LogP contribution in [0.5, 0.6) is 0 Å². The molecule has 6 nitrogen and oxygen atoms in total. The molecule has 0 aromatic heterocycles. The molecule has 1 aromatic carbocycles. The van der Waals surface area contributed by atoms with Crippen LogP contribution in [0, 0.1) is 13.8 Å². The van der Waals surface area contributed by atoms with Gasteiger partial charge in [0, 0.05) is 5.69 Å². The number of carboxylic acids is 1. The minimum absolute atomic E-state index is 0.606. The van der Waals surface area contributed by atoms with E-state index in [0.717, 1.165) is 11.1 Å². The lowest BCUT2D eigenvalue weighted by Gasteiger charge is -2.14. The van der Waals surface area contributed by atoms with E-state index in [-0.39, 0.29) is 0 Å². The van der Waals surface area contributed by atoms with Gasteiger partial charge in [0.05, 0.1) is 6.61 Å². The minimum Gasteiger partial charge on any atom is -0.480 e. The number of aryl methyl sites for hydroxylation is 1. The van der Waals surface area contributed by atoms with Crippen LogP contribution in [0.3, 0.4) is 0 Å². The first-order valence-electron chi connectivity index (χ1n) is 5.43. The number of aliphatic carboxylic acids is 1. The van der Waals surface area contributed by atoms with Gasteiger partial charge >= 0.3 is 12.0 Å². The Hall–Kier alpha value is -2.08. The van der Waals surface area contributed by atoms with Gasteiger partial charge in [0.25, 0.3) is 0 Å². The molecular formula is C12H16N2O4. The van der Waals surface area contributed by atoms with E-state index in [1.807, 2.05) is 19.9 Å². The first-order chi connectivity index (χ1) is 8.45. The molecule has 0 bridgehead atoms. The molecule has 0 fully saturated rings. The molecule has 0 radical (unpaired) electrons. The smallest absolute Gasteiger partial charge is 0.328 e. The molecule has 0 spiro atoms. The largest absolute Gasteiger partial charge is 0.480 e. The molecule has 6 heteroatoms. The van der Waals surface area contributed by atoms with Crippen molar-refractivity contribution < 1.29 is 19.8 Å². The van der Waals surface area contributed by atoms with Crippen LogP contribution in [0.4, 0.5) is 10.5 Å². The number of aliphatic hydroxyl groups is 1. The van der Waals surface area contributed by atoms with Crippen LogP contribution in [0.1, 0.15) is 11.1 Å². The Balaban J connectivity index is 2.70. The quantitative estimate of drug-likeness (QED) is 0.639. The van der Waals surface area contributed by atoms with Crippen LogP contribution in [-0.4, -0.2) is 34.9 Å². The third-order valence-electron chi connectivity index (χ3n) is 2.64. The summed E-state index contributed by atoms with van der Waals surface area (Å²) in [5.74, 6) is -1.28. The van der Waals surface area contributed by atoms with Gasteiger partial charge in [-0.2, -0.15) is 0 Å². The normalized spacial score (nSPS) is 11.7. The van der Waals surface area contributed by atoms with Crippen LogP contribution in [0.25, 0.3) is 0 Å². The number of hydrogen-bond donors (Lipinski definition) is 4. The molecule has 1 atom stereocenters. The van der Waals surface area contributed by atoms with Crippen molar-refractivity contribution in [1.29, 1.82) is 0 Å². The molecule has 0 saturated heterocycles. The molecule has 4 N–H and O–H groups in total. The van der Waals surface area contributed by atoms with E-state index in [4.69, 9.17) is 10.2 Å². The van der Waals surface area contributed by atoms with Gasteiger partial charge in [-0.25, -0.2) is 9.59 Å². The topological polar surface area (TPSA) is 98.7 Å². The van der Waals surface area contributed by atoms with Crippen molar-refractivity contribution in [3.8, 4) is 0 Å². The average molecular weight is 252 g/mol. The highest BCUT2D eigenvalue weighted by molar-refractivity contribution is 5.93. The highest BCUT2D eigenvalue weighted by atomic mass is 16.4. The average Bonchev–Trinajstić information content (AvgIpc) is 2.31. The fraction of sp³-hybridized carbons (Fsp3) is 0.333. The van der Waals surface area contributed by atoms with Crippen LogP contribution in [0.2, 0.25) is 0 Å². The van der Waals surface area contributed by atoms with E-state index in [0.29, 0.717) is 5.69 Å². The van der Waals surface area contributed by atoms with Crippen molar-refractivity contribution in [2.75, 3.05) is 11.9 Å². The second kappa shape index (κ2) is 6.02. The molecule has 98 valence electrons. The Morgan fingerprint density at radius 1 is 1.33 bits per heavy atom. The van der Waals surface area contributed by atoms with Gasteiger partial charge in [0.2, 0.25) is 0 Å². The summed E-state index contributed by atoms with van der Waals surface area (Å²) >= 11 is 0. The van der Waals surface area contributed by atoms with E-state index in [9.17, 15) is 9.59 Å². The number of anilines is 1. The number of hydrogen-bond acceptors (Lipinski definition) is 3. The number of carbonyl (C=O) groups excluding carboxylic acids is 1. The van der Waals surface area contributed by atoms with Crippen molar-refractivity contribution in [3.63, 3.8) is 0 Å². The first-order valence-corrected chi connectivity index (χ1v) is 5.43. The molecule has 0 heterocycles. The van der Waals surface area contributed by atoms with Crippen molar-refractivity contribution in [1.82, 2.24) is 5.32 Å². The SMILES string of the molecule is Cc1cccc(NC(=O)N[C@H](CO)C(=O)O)c1C. The molecule has 0 saturated carbocycles. The molecule has 18 heavy (non-hydrogen) atoms. The van der Waals surface area contributed by atoms with Crippen LogP contribution in [0.15, 0.2) is 18.2 Å². The van der Waals surface area contributed by atoms with E-state index in [2.05, 4.69) is 10.6 Å². The second-order valence-electron chi connectivity index (χ2n) is 3.92. The van der Waals surface area contributed by atoms with Gasteiger partial charge in [-0.05, 0) is 31.0 Å². The number of rotatable bonds is 4. The number of urea groups is 1. The maximum Gasteiger partial charge on any atom is 0.328 e. The van der Waals surface area contributed by atoms with Crippen molar-refractivity contribution in [2.24, 2.45) is 0 Å². The van der Waals surface area contributed by atoms with E-state index >= 15 is 0 Å². The van der Waals surface area contributed by atoms with E-state index in [1.165, 1.54) is 0 Å². The molecule has 2 amide bonds. The fourth-order valence-electron chi connectivity index (χ4n) is 1.39. The number of nitrogens with one attached hydrogen (secondary N) is 2. The van der Waals surface area contributed by atoms with Crippen LogP contribution < -0.4 is 10.6 Å². The summed E-state index contributed by atoms with van der Waals surface area (Å²) < 4.78 is 0. The predicted molar refractivity (Wildman–Crippen MR) is 66.6 cm³/mol. The maximum absolute atomic E-state index is 11.6. The highest BCUT2D eigenvalue weighted by Crippen LogP contribution is 2.17. The molecule has 0 aliphatic rings. The maximum atomic E-state index is 11.6. The number of carboxylic acid groups (broad SMARTS) is 1. The Labute approximate surface area is 105 Å². The van der Waals surface area contributed by atoms with Gasteiger partial charge in [-0.1, -0.05) is 12.1 Å². The molecule has 1 rings (SSSR count). The molecule has 0 aliphatic heterocycles. The molecule has 0 aliphatic carbocycles. The minimum atomic E-state index is -1.31. The van der Waals surface area contributed by atoms with Crippen molar-refractivity contribution >= 4 is 17.7 Å². The zero-order valence-corrected chi connectivity index (χ0v) is 10.2. The summed E-state index contributed by atoms with van der Waals surface area (Å²) in [5, 5.41) is 22.2. The van der Waals surface area contributed by atoms with Crippen molar-refractivity contribution in [2.45, 2.75) is 19.9 Å². The number of aliphatic hydroxyl groups excluding tert-OH is 1. The van der Waals surface area contributed by atoms with Gasteiger partial charge in [0.15, 0.2) is 6.04 Å². The zero-order chi connectivity index (χ0) is 13.7. The number of carbonyl (C=O) groups is 2. The van der Waals surface area contributed by atoms with Gasteiger partial charge in [-0.3, -0.25) is 0 Å². The summed E-state index contributed by atoms with van der Waals surface area (Å²) in [4.78, 5) is 22.2. The number of amides is 2. The Kier molecular flexibility index (Phi) is 4.67. The third kappa shape index (κ3) is 3.46. The number of benzene rings is 1. The fourth-order valence-corrected chi connectivity index (χ4v) is 1.39. The molecule has 1 aromatic rings. The third-order valence-corrected chi connectivity index (χ3v) is 2.64. The standard InChI is InChI=1S/C12H16N2O4/c1-7-4-3-5-9(8(7)2)13-12(18)14-10(6-15)11(16)17/h3-5,10,15H,6H2,1-2H3,(H,16,17)(H2,13,14,18)/t10-/m1/s1. The lowest BCUT2D eigenvalue weighted by atomic mass is 10.1. The van der Waals surface area contributed by atoms with Gasteiger partial charge in [0.1, 0.15) is 0 Å². The summed E-state index contributed by atoms with van der Waals surface area (Å²) in [5.41, 5.74) is 2.53. The predicted octanol–water partition coefficient (Wildman–Crippen LogP) is 0.870. The molecular weight excluding hydrogens is 236 g/mol. The Bertz CT molecular complexity index is 459. The highest BCUT2D eigenvalue weighted by Gasteiger charge is 2.18. The zero-order valence-electron chi connectivity index (χ0n) is 10.2. The Morgan fingerprint density at radius 3 is 2.56 bits per heavy atom. The van der Waals surface area contributed by atoms with Gasteiger partial charge in [-0.15, -0.1) is 0 Å².